The molecular weight excluding hydrogens is 312 g/mol. The van der Waals surface area contributed by atoms with Gasteiger partial charge in [-0.15, -0.1) is 0 Å². The number of carbonyl (C=O) groups excluding carboxylic acids is 2. The SMILES string of the molecule is NC(=O)[C@H](CC[S@@](=O)c1ccccc1)NC(=O)C1CCCCC1. The van der Waals surface area contributed by atoms with E-state index in [1.165, 1.54) is 6.42 Å². The van der Waals surface area contributed by atoms with Gasteiger partial charge < -0.3 is 11.1 Å². The van der Waals surface area contributed by atoms with E-state index >= 15 is 0 Å². The molecule has 0 radical (unpaired) electrons. The van der Waals surface area contributed by atoms with E-state index in [4.69, 9.17) is 5.73 Å². The van der Waals surface area contributed by atoms with Crippen LogP contribution < -0.4 is 11.1 Å². The van der Waals surface area contributed by atoms with Crippen LogP contribution in [-0.4, -0.2) is 27.8 Å². The maximum atomic E-state index is 12.2. The lowest BCUT2D eigenvalue weighted by atomic mass is 9.88. The Bertz CT molecular complexity index is 556. The average Bonchev–Trinajstić information content (AvgIpc) is 2.59. The molecule has 1 aliphatic rings. The molecule has 23 heavy (non-hydrogen) atoms. The number of benzene rings is 1. The Morgan fingerprint density at radius 2 is 1.83 bits per heavy atom. The second kappa shape index (κ2) is 8.82. The normalized spacial score (nSPS) is 18.1. The third-order valence-corrected chi connectivity index (χ3v) is 5.64. The largest absolute Gasteiger partial charge is 0.368 e. The zero-order valence-electron chi connectivity index (χ0n) is 13.2. The minimum atomic E-state index is -1.20. The van der Waals surface area contributed by atoms with Crippen molar-refractivity contribution >= 4 is 22.6 Å². The van der Waals surface area contributed by atoms with Gasteiger partial charge in [0.25, 0.3) is 0 Å². The van der Waals surface area contributed by atoms with Gasteiger partial charge in [-0.05, 0) is 31.4 Å². The van der Waals surface area contributed by atoms with Crippen molar-refractivity contribution < 1.29 is 13.8 Å². The first-order chi connectivity index (χ1) is 11.1. The molecule has 6 heteroatoms. The van der Waals surface area contributed by atoms with Gasteiger partial charge in [0, 0.05) is 16.6 Å². The number of rotatable bonds is 7. The molecule has 3 N–H and O–H groups in total. The Labute approximate surface area is 139 Å². The van der Waals surface area contributed by atoms with Crippen molar-refractivity contribution in [3.63, 3.8) is 0 Å². The molecule has 5 nitrogen and oxygen atoms in total. The predicted molar refractivity (Wildman–Crippen MR) is 90.0 cm³/mol. The van der Waals surface area contributed by atoms with E-state index < -0.39 is 22.7 Å². The average molecular weight is 336 g/mol. The Kier molecular flexibility index (Phi) is 6.77. The smallest absolute Gasteiger partial charge is 0.240 e. The van der Waals surface area contributed by atoms with Crippen molar-refractivity contribution in [3.05, 3.63) is 30.3 Å². The van der Waals surface area contributed by atoms with E-state index in [1.807, 2.05) is 18.2 Å². The molecule has 1 saturated carbocycles. The molecule has 0 aliphatic heterocycles. The molecule has 2 amide bonds. The molecule has 1 fully saturated rings. The van der Waals surface area contributed by atoms with Crippen molar-refractivity contribution in [1.82, 2.24) is 5.32 Å². The van der Waals surface area contributed by atoms with Gasteiger partial charge in [-0.2, -0.15) is 0 Å². The Morgan fingerprint density at radius 3 is 2.43 bits per heavy atom. The van der Waals surface area contributed by atoms with Gasteiger partial charge in [-0.3, -0.25) is 13.8 Å². The Morgan fingerprint density at radius 1 is 1.17 bits per heavy atom. The third kappa shape index (κ3) is 5.46. The van der Waals surface area contributed by atoms with Crippen LogP contribution in [-0.2, 0) is 20.4 Å². The molecule has 126 valence electrons. The fourth-order valence-electron chi connectivity index (χ4n) is 2.85. The first-order valence-electron chi connectivity index (χ1n) is 8.11. The van der Waals surface area contributed by atoms with Crippen LogP contribution in [0.15, 0.2) is 35.2 Å². The summed E-state index contributed by atoms with van der Waals surface area (Å²) in [7, 11) is -1.20. The van der Waals surface area contributed by atoms with E-state index in [0.717, 1.165) is 25.7 Å². The van der Waals surface area contributed by atoms with Crippen LogP contribution in [0.5, 0.6) is 0 Å². The van der Waals surface area contributed by atoms with Gasteiger partial charge in [-0.25, -0.2) is 0 Å². The number of amides is 2. The fourth-order valence-corrected chi connectivity index (χ4v) is 4.00. The second-order valence-corrected chi connectivity index (χ2v) is 7.52. The Balaban J connectivity index is 1.87. The lowest BCUT2D eigenvalue weighted by molar-refractivity contribution is -0.130. The summed E-state index contributed by atoms with van der Waals surface area (Å²) in [6, 6.07) is 8.33. The predicted octanol–water partition coefficient (Wildman–Crippen LogP) is 1.73. The molecule has 0 unspecified atom stereocenters. The lowest BCUT2D eigenvalue weighted by Crippen LogP contribution is -2.47. The van der Waals surface area contributed by atoms with Crippen molar-refractivity contribution in [2.24, 2.45) is 11.7 Å². The van der Waals surface area contributed by atoms with Crippen LogP contribution in [0.1, 0.15) is 38.5 Å². The third-order valence-electron chi connectivity index (χ3n) is 4.23. The number of hydrogen-bond acceptors (Lipinski definition) is 3. The number of nitrogens with two attached hydrogens (primary N) is 1. The van der Waals surface area contributed by atoms with Gasteiger partial charge in [-0.1, -0.05) is 37.5 Å². The lowest BCUT2D eigenvalue weighted by Gasteiger charge is -2.23. The number of hydrogen-bond donors (Lipinski definition) is 2. The van der Waals surface area contributed by atoms with Crippen molar-refractivity contribution in [2.75, 3.05) is 5.75 Å². The van der Waals surface area contributed by atoms with E-state index in [1.54, 1.807) is 12.1 Å². The first kappa shape index (κ1) is 17.7. The zero-order valence-corrected chi connectivity index (χ0v) is 14.0. The summed E-state index contributed by atoms with van der Waals surface area (Å²) in [5.41, 5.74) is 5.39. The second-order valence-electron chi connectivity index (χ2n) is 5.95. The number of primary amides is 1. The number of nitrogens with one attached hydrogen (secondary N) is 1. The highest BCUT2D eigenvalue weighted by Gasteiger charge is 2.25. The van der Waals surface area contributed by atoms with Crippen LogP contribution >= 0.6 is 0 Å². The fraction of sp³-hybridized carbons (Fsp3) is 0.529. The van der Waals surface area contributed by atoms with E-state index in [9.17, 15) is 13.8 Å². The summed E-state index contributed by atoms with van der Waals surface area (Å²) < 4.78 is 12.2. The van der Waals surface area contributed by atoms with Gasteiger partial charge in [0.05, 0.1) is 10.8 Å². The first-order valence-corrected chi connectivity index (χ1v) is 9.43. The van der Waals surface area contributed by atoms with Gasteiger partial charge in [0.2, 0.25) is 11.8 Å². The minimum Gasteiger partial charge on any atom is -0.368 e. The molecule has 0 aromatic heterocycles. The summed E-state index contributed by atoms with van der Waals surface area (Å²) in [5.74, 6) is -0.397. The van der Waals surface area contributed by atoms with Crippen LogP contribution in [0.25, 0.3) is 0 Å². The summed E-state index contributed by atoms with van der Waals surface area (Å²) in [5, 5.41) is 2.75. The highest BCUT2D eigenvalue weighted by molar-refractivity contribution is 7.85. The number of carbonyl (C=O) groups is 2. The van der Waals surface area contributed by atoms with Crippen LogP contribution in [0, 0.1) is 5.92 Å². The highest BCUT2D eigenvalue weighted by atomic mass is 32.2. The van der Waals surface area contributed by atoms with E-state index in [-0.39, 0.29) is 18.2 Å². The van der Waals surface area contributed by atoms with Crippen LogP contribution in [0.3, 0.4) is 0 Å². The maximum Gasteiger partial charge on any atom is 0.240 e. The van der Waals surface area contributed by atoms with Crippen molar-refractivity contribution in [1.29, 1.82) is 0 Å². The van der Waals surface area contributed by atoms with E-state index in [0.29, 0.717) is 10.6 Å². The zero-order chi connectivity index (χ0) is 16.7. The highest BCUT2D eigenvalue weighted by Crippen LogP contribution is 2.23. The summed E-state index contributed by atoms with van der Waals surface area (Å²) in [4.78, 5) is 24.5. The molecule has 0 saturated heterocycles. The monoisotopic (exact) mass is 336 g/mol. The Hall–Kier alpha value is -1.69. The molecule has 1 aliphatic carbocycles. The van der Waals surface area contributed by atoms with Crippen LogP contribution in [0.2, 0.25) is 0 Å². The van der Waals surface area contributed by atoms with E-state index in [2.05, 4.69) is 5.32 Å². The van der Waals surface area contributed by atoms with Crippen LogP contribution in [0.4, 0.5) is 0 Å². The molecule has 2 rings (SSSR count). The topological polar surface area (TPSA) is 89.3 Å². The van der Waals surface area contributed by atoms with Crippen molar-refractivity contribution in [2.45, 2.75) is 49.5 Å². The molecule has 0 bridgehead atoms. The summed E-state index contributed by atoms with van der Waals surface area (Å²) >= 11 is 0. The standard InChI is InChI=1S/C17H24N2O3S/c18-16(20)15(19-17(21)13-7-3-1-4-8-13)11-12-23(22)14-9-5-2-6-10-14/h2,5-6,9-10,13,15H,1,3-4,7-8,11-12H2,(H2,18,20)(H,19,21)/t15-,23+/m0/s1. The molecule has 0 heterocycles. The van der Waals surface area contributed by atoms with Gasteiger partial charge >= 0.3 is 0 Å². The van der Waals surface area contributed by atoms with Gasteiger partial charge in [0.15, 0.2) is 0 Å². The molecule has 2 atom stereocenters. The molecule has 1 aromatic rings. The van der Waals surface area contributed by atoms with Gasteiger partial charge in [0.1, 0.15) is 6.04 Å². The summed E-state index contributed by atoms with van der Waals surface area (Å²) in [6.07, 6.45) is 5.30. The molecule has 0 spiro atoms. The summed E-state index contributed by atoms with van der Waals surface area (Å²) in [6.45, 7) is 0. The minimum absolute atomic E-state index is 0.0229. The molecule has 1 aromatic carbocycles. The maximum absolute atomic E-state index is 12.2. The molecular formula is C17H24N2O3S. The van der Waals surface area contributed by atoms with Crippen molar-refractivity contribution in [3.8, 4) is 0 Å². The quantitative estimate of drug-likeness (QED) is 0.795.